The van der Waals surface area contributed by atoms with Crippen LogP contribution in [0.2, 0.25) is 0 Å². The summed E-state index contributed by atoms with van der Waals surface area (Å²) in [4.78, 5) is 36.4. The van der Waals surface area contributed by atoms with Crippen molar-refractivity contribution in [3.8, 4) is 0 Å². The minimum absolute atomic E-state index is 0. The second-order valence-corrected chi connectivity index (χ2v) is 12.9. The summed E-state index contributed by atoms with van der Waals surface area (Å²) in [5, 5.41) is 53.6. The maximum atomic E-state index is 9.10. The number of aliphatic carboxylic acids is 4. The number of nitrogens with one attached hydrogen (secondary N) is 4. The number of rotatable bonds is 0. The molecule has 2 aliphatic carbocycles. The maximum absolute atomic E-state index is 9.10. The zero-order valence-electron chi connectivity index (χ0n) is 24.3. The Morgan fingerprint density at radius 2 is 0.521 bits per heavy atom. The third kappa shape index (κ3) is 103. The van der Waals surface area contributed by atoms with E-state index in [9.17, 15) is 0 Å². The van der Waals surface area contributed by atoms with Crippen molar-refractivity contribution in [3.63, 3.8) is 0 Å². The Kier molecular flexibility index (Phi) is 187. The monoisotopic (exact) mass is 1530 g/mol. The number of carboxylic acid groups (broad SMARTS) is 4. The summed E-state index contributed by atoms with van der Waals surface area (Å²) < 4.78 is 0. The third-order valence-electron chi connectivity index (χ3n) is 3.90. The second kappa shape index (κ2) is 86.6. The van der Waals surface area contributed by atoms with Crippen LogP contribution in [-0.4, -0.2) is 111 Å². The summed E-state index contributed by atoms with van der Waals surface area (Å²) in [6.07, 6.45) is 8.49. The molecule has 28 N–H and O–H groups in total. The number of carboxylic acids is 4. The minimum Gasteiger partial charge on any atom is -0.693 e. The molecular formula is C16H48Cl4N8O16Pt4. The molecule has 24 nitrogen and oxygen atoms in total. The molecule has 48 heavy (non-hydrogen) atoms. The Hall–Kier alpha value is 1.15. The largest absolute Gasteiger partial charge is 2.00 e. The average Bonchev–Trinajstić information content (AvgIpc) is 2.87. The molecule has 0 amide bonds. The van der Waals surface area contributed by atoms with Gasteiger partial charge in [0.25, 0.3) is 0 Å². The van der Waals surface area contributed by atoms with Crippen molar-refractivity contribution >= 4 is 61.5 Å². The zero-order valence-corrected chi connectivity index (χ0v) is 36.4. The summed E-state index contributed by atoms with van der Waals surface area (Å²) in [7, 11) is 19.5. The summed E-state index contributed by atoms with van der Waals surface area (Å²) in [5.74, 6) is -7.30. The van der Waals surface area contributed by atoms with Crippen molar-refractivity contribution in [2.75, 3.05) is 0 Å². The van der Waals surface area contributed by atoms with Crippen LogP contribution in [0.15, 0.2) is 0 Å². The standard InChI is InChI=1S/2C6H12N2.2C2H2O4.4ClH.4H2N.2H2O2.4H2O.4Pt/c2*7-5-3-1-2-4-6(5)8;2*3-1(4)2(5)6;;;;;;;;;2*1-2;;;;;;;;/h2*5-8H,1-4H2;2*(H,3,4)(H,5,6);4*1H;4*1H2;2*1-2H;4*1H2;;;;/q2*-2;;;;;;;4*-1;;;;;;;2*+2;2*+4/p-4. The predicted octanol–water partition coefficient (Wildman–Crippen LogP) is 5.47. The molecule has 4 atom stereocenters. The van der Waals surface area contributed by atoms with Gasteiger partial charge < -0.3 is 89.9 Å². The third-order valence-corrected chi connectivity index (χ3v) is 3.90. The SMILES string of the molecule is O.O.O.O.O=C(O)C(=O)O.O=C(O)C(=O)O.OO.OO.[Cl][Pt+2][Cl].[Cl][Pt+2][Cl].[NH-]C1CCCCC1[NH-].[NH-]C1CCCCC1[NH-].[NH2-].[NH2-].[NH2-].[NH2-].[Pt+2].[Pt+2]. The fraction of sp³-hybridized carbons (Fsp3) is 0.750. The van der Waals surface area contributed by atoms with Crippen LogP contribution in [0, 0.1) is 0 Å². The topological polar surface area (TPSA) is 585 Å². The molecule has 0 spiro atoms. The first-order valence-electron chi connectivity index (χ1n) is 9.54. The molecule has 4 unspecified atom stereocenters. The first-order valence-corrected chi connectivity index (χ1v) is 20.8. The smallest absolute Gasteiger partial charge is 0.693 e. The molecule has 32 heteroatoms. The summed E-state index contributed by atoms with van der Waals surface area (Å²) in [6, 6.07) is -0.319. The first-order chi connectivity index (χ1) is 17.7. The van der Waals surface area contributed by atoms with Crippen LogP contribution in [0.5, 0.6) is 0 Å². The molecule has 316 valence electrons. The minimum atomic E-state index is -1.82. The van der Waals surface area contributed by atoms with Crippen LogP contribution >= 0.6 is 37.7 Å². The van der Waals surface area contributed by atoms with Gasteiger partial charge in [-0.05, 0) is 0 Å². The quantitative estimate of drug-likeness (QED) is 0.0851. The molecule has 0 heterocycles. The molecule has 2 saturated carbocycles. The molecule has 0 radical (unpaired) electrons. The summed E-state index contributed by atoms with van der Waals surface area (Å²) >= 11 is -0.944. The van der Waals surface area contributed by atoms with E-state index in [1.165, 1.54) is 25.7 Å². The van der Waals surface area contributed by atoms with E-state index in [1.54, 1.807) is 0 Å². The fourth-order valence-corrected chi connectivity index (χ4v) is 2.26. The molecule has 0 aromatic rings. The van der Waals surface area contributed by atoms with Crippen LogP contribution in [0.25, 0.3) is 47.5 Å². The van der Waals surface area contributed by atoms with Gasteiger partial charge in [-0.1, -0.05) is 51.4 Å². The van der Waals surface area contributed by atoms with E-state index < -0.39 is 56.8 Å². The Balaban J connectivity index is -0.0000000176. The number of nitrogens with two attached hydrogens (primary N) is 4. The summed E-state index contributed by atoms with van der Waals surface area (Å²) in [6.45, 7) is 0. The molecule has 0 aliphatic heterocycles. The number of carbonyl (C=O) groups is 4. The van der Waals surface area contributed by atoms with E-state index in [0.29, 0.717) is 0 Å². The van der Waals surface area contributed by atoms with Gasteiger partial charge in [-0.3, -0.25) is 21.0 Å². The molecule has 0 saturated heterocycles. The van der Waals surface area contributed by atoms with Crippen LogP contribution in [-0.2, 0) is 94.3 Å². The fourth-order valence-electron chi connectivity index (χ4n) is 2.26. The number of hydrogen-bond acceptors (Lipinski definition) is 8. The molecule has 0 bridgehead atoms. The van der Waals surface area contributed by atoms with Crippen LogP contribution < -0.4 is 0 Å². The first kappa shape index (κ1) is 104. The van der Waals surface area contributed by atoms with Crippen LogP contribution in [0.1, 0.15) is 51.4 Å². The van der Waals surface area contributed by atoms with Crippen molar-refractivity contribution in [2.24, 2.45) is 0 Å². The second-order valence-electron chi connectivity index (χ2n) is 6.31. The number of hydrogen-bond donors (Lipinski definition) is 8. The van der Waals surface area contributed by atoms with Gasteiger partial charge in [-0.15, -0.1) is 0 Å². The van der Waals surface area contributed by atoms with Gasteiger partial charge in [-0.25, -0.2) is 19.2 Å². The van der Waals surface area contributed by atoms with Gasteiger partial charge in [0, 0.05) is 0 Å². The predicted molar refractivity (Wildman–Crippen MR) is 169 cm³/mol. The van der Waals surface area contributed by atoms with Crippen LogP contribution in [0.4, 0.5) is 0 Å². The zero-order chi connectivity index (χ0) is 31.7. The van der Waals surface area contributed by atoms with Gasteiger partial charge in [-0.2, -0.15) is 24.2 Å². The normalized spacial score (nSPS) is 16.2. The molecular weight excluding hydrogens is 1480 g/mol. The van der Waals surface area contributed by atoms with E-state index in [1.807, 2.05) is 0 Å². The van der Waals surface area contributed by atoms with Gasteiger partial charge in [0.15, 0.2) is 0 Å². The van der Waals surface area contributed by atoms with E-state index in [2.05, 4.69) is 0 Å². The van der Waals surface area contributed by atoms with Gasteiger partial charge in [0.1, 0.15) is 0 Å². The van der Waals surface area contributed by atoms with Crippen LogP contribution in [0.3, 0.4) is 0 Å². The molecule has 0 aromatic heterocycles. The van der Waals surface area contributed by atoms with E-state index >= 15 is 0 Å². The Labute approximate surface area is 339 Å². The molecule has 2 aliphatic rings. The molecule has 2 fully saturated rings. The van der Waals surface area contributed by atoms with Gasteiger partial charge in [0.2, 0.25) is 0 Å². The molecule has 2 rings (SSSR count). The van der Waals surface area contributed by atoms with Gasteiger partial charge >= 0.3 is 137 Å². The number of halogens is 4. The van der Waals surface area contributed by atoms with E-state index in [0.717, 1.165) is 25.7 Å². The Morgan fingerprint density at radius 1 is 0.438 bits per heavy atom. The van der Waals surface area contributed by atoms with Crippen molar-refractivity contribution < 1.29 is 158 Å². The van der Waals surface area contributed by atoms with E-state index in [-0.39, 0.29) is 113 Å². The van der Waals surface area contributed by atoms with Crippen molar-refractivity contribution in [1.29, 1.82) is 0 Å². The van der Waals surface area contributed by atoms with Crippen molar-refractivity contribution in [3.05, 3.63) is 47.5 Å². The Bertz CT molecular complexity index is 502. The maximum Gasteiger partial charge on any atom is 2.00 e. The summed E-state index contributed by atoms with van der Waals surface area (Å²) in [5.41, 5.74) is 29.2. The van der Waals surface area contributed by atoms with Gasteiger partial charge in [0.05, 0.1) is 0 Å². The van der Waals surface area contributed by atoms with Crippen molar-refractivity contribution in [1.82, 2.24) is 0 Å². The average molecular weight is 1530 g/mol. The molecule has 0 aromatic carbocycles. The van der Waals surface area contributed by atoms with E-state index in [4.69, 9.17) is 121 Å². The Morgan fingerprint density at radius 3 is 0.562 bits per heavy atom. The van der Waals surface area contributed by atoms with Crippen molar-refractivity contribution in [2.45, 2.75) is 75.5 Å².